The second kappa shape index (κ2) is 3.37. The highest BCUT2D eigenvalue weighted by molar-refractivity contribution is 7.11. The third kappa shape index (κ3) is 1.57. The monoisotopic (exact) mass is 155 g/mol. The largest absolute Gasteiger partial charge is 0.455 e. The van der Waals surface area contributed by atoms with Crippen molar-refractivity contribution in [1.29, 1.82) is 0 Å². The SMILES string of the molecule is C[CH]OC(=O)c1cccs1. The van der Waals surface area contributed by atoms with Gasteiger partial charge in [0.2, 0.25) is 0 Å². The molecule has 53 valence electrons. The van der Waals surface area contributed by atoms with E-state index in [0.717, 1.165) is 0 Å². The van der Waals surface area contributed by atoms with E-state index in [-0.39, 0.29) is 5.97 Å². The van der Waals surface area contributed by atoms with Crippen LogP contribution >= 0.6 is 11.3 Å². The fourth-order valence-electron chi connectivity index (χ4n) is 0.560. The highest BCUT2D eigenvalue weighted by atomic mass is 32.1. The summed E-state index contributed by atoms with van der Waals surface area (Å²) in [4.78, 5) is 11.5. The normalized spacial score (nSPS) is 9.30. The second-order valence-electron chi connectivity index (χ2n) is 1.62. The van der Waals surface area contributed by atoms with Crippen molar-refractivity contribution in [3.63, 3.8) is 0 Å². The highest BCUT2D eigenvalue weighted by Gasteiger charge is 2.05. The number of ether oxygens (including phenoxy) is 1. The first-order valence-electron chi connectivity index (χ1n) is 2.87. The van der Waals surface area contributed by atoms with Gasteiger partial charge in [-0.2, -0.15) is 0 Å². The number of thiophene rings is 1. The summed E-state index contributed by atoms with van der Waals surface area (Å²) < 4.78 is 4.63. The zero-order valence-corrected chi connectivity index (χ0v) is 6.35. The molecule has 10 heavy (non-hydrogen) atoms. The van der Waals surface area contributed by atoms with Crippen LogP contribution in [-0.4, -0.2) is 5.97 Å². The van der Waals surface area contributed by atoms with Gasteiger partial charge in [-0.25, -0.2) is 4.79 Å². The first-order valence-corrected chi connectivity index (χ1v) is 3.75. The van der Waals surface area contributed by atoms with Gasteiger partial charge in [0.15, 0.2) is 0 Å². The Labute approximate surface area is 63.4 Å². The van der Waals surface area contributed by atoms with E-state index in [0.29, 0.717) is 4.88 Å². The predicted octanol–water partition coefficient (Wildman–Crippen LogP) is 2.09. The van der Waals surface area contributed by atoms with Crippen LogP contribution in [0.2, 0.25) is 0 Å². The van der Waals surface area contributed by atoms with E-state index < -0.39 is 0 Å². The zero-order valence-electron chi connectivity index (χ0n) is 5.53. The van der Waals surface area contributed by atoms with Crippen LogP contribution < -0.4 is 0 Å². The van der Waals surface area contributed by atoms with E-state index in [1.54, 1.807) is 13.0 Å². The number of hydrogen-bond acceptors (Lipinski definition) is 3. The van der Waals surface area contributed by atoms with Crippen molar-refractivity contribution < 1.29 is 9.53 Å². The maximum absolute atomic E-state index is 10.9. The highest BCUT2D eigenvalue weighted by Crippen LogP contribution is 2.09. The molecule has 0 aliphatic heterocycles. The maximum Gasteiger partial charge on any atom is 0.348 e. The molecule has 0 N–H and O–H groups in total. The van der Waals surface area contributed by atoms with Crippen LogP contribution in [0.1, 0.15) is 16.6 Å². The van der Waals surface area contributed by atoms with Crippen molar-refractivity contribution in [2.24, 2.45) is 0 Å². The average molecular weight is 155 g/mol. The lowest BCUT2D eigenvalue weighted by atomic mass is 10.5. The van der Waals surface area contributed by atoms with Crippen LogP contribution in [0.5, 0.6) is 0 Å². The molecule has 0 aromatic carbocycles. The van der Waals surface area contributed by atoms with Crippen molar-refractivity contribution in [3.8, 4) is 0 Å². The molecule has 1 radical (unpaired) electrons. The van der Waals surface area contributed by atoms with Crippen LogP contribution in [-0.2, 0) is 4.74 Å². The van der Waals surface area contributed by atoms with Crippen molar-refractivity contribution in [2.75, 3.05) is 0 Å². The lowest BCUT2D eigenvalue weighted by Gasteiger charge is -1.94. The molecule has 0 aliphatic rings. The van der Waals surface area contributed by atoms with Crippen LogP contribution in [0.4, 0.5) is 0 Å². The molecular weight excluding hydrogens is 148 g/mol. The molecule has 1 aromatic heterocycles. The number of hydrogen-bond donors (Lipinski definition) is 0. The summed E-state index contributed by atoms with van der Waals surface area (Å²) in [5.74, 6) is -0.280. The van der Waals surface area contributed by atoms with Gasteiger partial charge in [0.05, 0.1) is 0 Å². The Morgan fingerprint density at radius 1 is 1.80 bits per heavy atom. The topological polar surface area (TPSA) is 26.3 Å². The van der Waals surface area contributed by atoms with E-state index >= 15 is 0 Å². The molecule has 0 bridgehead atoms. The summed E-state index contributed by atoms with van der Waals surface area (Å²) in [6.07, 6.45) is 0. The molecule has 0 spiro atoms. The molecule has 1 rings (SSSR count). The fourth-order valence-corrected chi connectivity index (χ4v) is 1.17. The van der Waals surface area contributed by atoms with E-state index in [1.165, 1.54) is 17.9 Å². The summed E-state index contributed by atoms with van der Waals surface area (Å²) in [7, 11) is 0. The lowest BCUT2D eigenvalue weighted by molar-refractivity contribution is 0.0618. The van der Waals surface area contributed by atoms with Crippen LogP contribution in [0.25, 0.3) is 0 Å². The molecule has 0 unspecified atom stereocenters. The predicted molar refractivity (Wildman–Crippen MR) is 39.7 cm³/mol. The average Bonchev–Trinajstić information content (AvgIpc) is 2.38. The minimum atomic E-state index is -0.280. The zero-order chi connectivity index (χ0) is 7.40. The summed E-state index contributed by atoms with van der Waals surface area (Å²) >= 11 is 1.38. The first kappa shape index (κ1) is 7.28. The standard InChI is InChI=1S/C7H7O2S/c1-2-9-7(8)6-4-3-5-10-6/h2-5H,1H3. The van der Waals surface area contributed by atoms with Crippen LogP contribution in [0.15, 0.2) is 17.5 Å². The molecular formula is C7H7O2S. The Kier molecular flexibility index (Phi) is 2.45. The maximum atomic E-state index is 10.9. The van der Waals surface area contributed by atoms with Crippen LogP contribution in [0.3, 0.4) is 0 Å². The quantitative estimate of drug-likeness (QED) is 0.611. The van der Waals surface area contributed by atoms with Gasteiger partial charge in [0.25, 0.3) is 0 Å². The second-order valence-corrected chi connectivity index (χ2v) is 2.57. The molecule has 3 heteroatoms. The first-order chi connectivity index (χ1) is 4.84. The molecule has 0 saturated carbocycles. The Balaban J connectivity index is 2.59. The molecule has 1 aromatic rings. The van der Waals surface area contributed by atoms with Crippen molar-refractivity contribution in [1.82, 2.24) is 0 Å². The molecule has 0 amide bonds. The molecule has 2 nitrogen and oxygen atoms in total. The van der Waals surface area contributed by atoms with Crippen LogP contribution in [0, 0.1) is 6.61 Å². The van der Waals surface area contributed by atoms with Gasteiger partial charge in [-0.3, -0.25) is 0 Å². The minimum Gasteiger partial charge on any atom is -0.455 e. The smallest absolute Gasteiger partial charge is 0.348 e. The van der Waals surface area contributed by atoms with Gasteiger partial charge in [-0.15, -0.1) is 11.3 Å². The Morgan fingerprint density at radius 2 is 2.60 bits per heavy atom. The Hall–Kier alpha value is -0.830. The van der Waals surface area contributed by atoms with Gasteiger partial charge in [0, 0.05) is 0 Å². The Bertz CT molecular complexity index is 203. The number of carbonyl (C=O) groups is 1. The lowest BCUT2D eigenvalue weighted by Crippen LogP contribution is -1.98. The minimum absolute atomic E-state index is 0.280. The third-order valence-corrected chi connectivity index (χ3v) is 1.80. The summed E-state index contributed by atoms with van der Waals surface area (Å²) in [5, 5.41) is 1.84. The summed E-state index contributed by atoms with van der Waals surface area (Å²) in [6, 6.07) is 3.55. The molecule has 1 heterocycles. The van der Waals surface area contributed by atoms with E-state index in [1.807, 2.05) is 11.4 Å². The number of carbonyl (C=O) groups excluding carboxylic acids is 1. The summed E-state index contributed by atoms with van der Waals surface area (Å²) in [5.41, 5.74) is 0. The van der Waals surface area contributed by atoms with Gasteiger partial charge in [-0.1, -0.05) is 6.07 Å². The van der Waals surface area contributed by atoms with E-state index in [4.69, 9.17) is 0 Å². The third-order valence-electron chi connectivity index (χ3n) is 0.947. The number of rotatable bonds is 2. The molecule has 0 aliphatic carbocycles. The van der Waals surface area contributed by atoms with Gasteiger partial charge >= 0.3 is 5.97 Å². The van der Waals surface area contributed by atoms with Gasteiger partial charge < -0.3 is 4.74 Å². The van der Waals surface area contributed by atoms with Crippen molar-refractivity contribution >= 4 is 17.3 Å². The fraction of sp³-hybridized carbons (Fsp3) is 0.143. The van der Waals surface area contributed by atoms with Gasteiger partial charge in [0.1, 0.15) is 11.5 Å². The molecule has 0 fully saturated rings. The van der Waals surface area contributed by atoms with E-state index in [2.05, 4.69) is 4.74 Å². The molecule has 0 saturated heterocycles. The van der Waals surface area contributed by atoms with Crippen molar-refractivity contribution in [3.05, 3.63) is 29.0 Å². The molecule has 0 atom stereocenters. The number of esters is 1. The summed E-state index contributed by atoms with van der Waals surface area (Å²) in [6.45, 7) is 3.05. The Morgan fingerprint density at radius 3 is 3.10 bits per heavy atom. The van der Waals surface area contributed by atoms with Crippen molar-refractivity contribution in [2.45, 2.75) is 6.92 Å². The van der Waals surface area contributed by atoms with E-state index in [9.17, 15) is 4.79 Å². The van der Waals surface area contributed by atoms with Gasteiger partial charge in [-0.05, 0) is 18.4 Å².